The number of amides is 1. The summed E-state index contributed by atoms with van der Waals surface area (Å²) >= 11 is 0. The van der Waals surface area contributed by atoms with Crippen LogP contribution in [0.15, 0.2) is 30.3 Å². The second-order valence-electron chi connectivity index (χ2n) is 4.59. The van der Waals surface area contributed by atoms with Crippen LogP contribution < -0.4 is 5.73 Å². The summed E-state index contributed by atoms with van der Waals surface area (Å²) in [6, 6.07) is 9.79. The number of hydrogen-bond acceptors (Lipinski definition) is 3. The fourth-order valence-corrected chi connectivity index (χ4v) is 2.06. The molecule has 1 aromatic rings. The van der Waals surface area contributed by atoms with Crippen molar-refractivity contribution in [3.63, 3.8) is 0 Å². The van der Waals surface area contributed by atoms with Gasteiger partial charge in [-0.25, -0.2) is 5.06 Å². The summed E-state index contributed by atoms with van der Waals surface area (Å²) in [4.78, 5) is 17.2. The zero-order valence-corrected chi connectivity index (χ0v) is 10.5. The van der Waals surface area contributed by atoms with Crippen LogP contribution in [-0.2, 0) is 9.63 Å². The van der Waals surface area contributed by atoms with Crippen LogP contribution in [0.5, 0.6) is 0 Å². The first-order chi connectivity index (χ1) is 8.77. The van der Waals surface area contributed by atoms with Gasteiger partial charge < -0.3 is 5.73 Å². The van der Waals surface area contributed by atoms with E-state index in [4.69, 9.17) is 10.6 Å². The molecule has 4 heteroatoms. The average molecular weight is 248 g/mol. The zero-order valence-electron chi connectivity index (χ0n) is 10.5. The lowest BCUT2D eigenvalue weighted by Gasteiger charge is -2.26. The Bertz CT molecular complexity index is 375. The number of nitrogens with two attached hydrogens (primary N) is 1. The predicted molar refractivity (Wildman–Crippen MR) is 69.5 cm³/mol. The topological polar surface area (TPSA) is 55.6 Å². The molecular weight excluding hydrogens is 228 g/mol. The Hall–Kier alpha value is -1.39. The number of carbonyl (C=O) groups excluding carboxylic acids is 1. The van der Waals surface area contributed by atoms with Crippen molar-refractivity contribution in [3.05, 3.63) is 35.9 Å². The van der Waals surface area contributed by atoms with Crippen LogP contribution in [0.25, 0.3) is 0 Å². The number of hydrogen-bond donors (Lipinski definition) is 1. The lowest BCUT2D eigenvalue weighted by Crippen LogP contribution is -2.36. The zero-order chi connectivity index (χ0) is 12.8. The lowest BCUT2D eigenvalue weighted by atomic mass is 10.0. The maximum Gasteiger partial charge on any atom is 0.246 e. The van der Waals surface area contributed by atoms with Crippen molar-refractivity contribution in [2.45, 2.75) is 31.7 Å². The molecule has 1 amide bonds. The first kappa shape index (κ1) is 13.1. The summed E-state index contributed by atoms with van der Waals surface area (Å²) < 4.78 is 0. The van der Waals surface area contributed by atoms with Gasteiger partial charge in [0.2, 0.25) is 5.91 Å². The summed E-state index contributed by atoms with van der Waals surface area (Å²) in [7, 11) is 0. The van der Waals surface area contributed by atoms with Crippen molar-refractivity contribution in [1.29, 1.82) is 0 Å². The molecule has 1 saturated heterocycles. The van der Waals surface area contributed by atoms with Crippen LogP contribution >= 0.6 is 0 Å². The minimum absolute atomic E-state index is 0.0427. The highest BCUT2D eigenvalue weighted by Gasteiger charge is 2.18. The van der Waals surface area contributed by atoms with E-state index in [1.54, 1.807) is 0 Å². The van der Waals surface area contributed by atoms with E-state index < -0.39 is 0 Å². The van der Waals surface area contributed by atoms with Gasteiger partial charge in [0, 0.05) is 19.0 Å². The van der Waals surface area contributed by atoms with Crippen LogP contribution in [0.2, 0.25) is 0 Å². The number of rotatable bonds is 4. The summed E-state index contributed by atoms with van der Waals surface area (Å²) in [5, 5.41) is 1.49. The van der Waals surface area contributed by atoms with Gasteiger partial charge in [-0.2, -0.15) is 0 Å². The summed E-state index contributed by atoms with van der Waals surface area (Å²) in [6.07, 6.45) is 3.16. The van der Waals surface area contributed by atoms with Gasteiger partial charge >= 0.3 is 0 Å². The first-order valence-electron chi connectivity index (χ1n) is 6.51. The Labute approximate surface area is 108 Å². The molecule has 0 aromatic heterocycles. The van der Waals surface area contributed by atoms with Crippen LogP contribution in [-0.4, -0.2) is 24.1 Å². The normalized spacial score (nSPS) is 17.5. The van der Waals surface area contributed by atoms with E-state index in [1.807, 2.05) is 30.3 Å². The van der Waals surface area contributed by atoms with Gasteiger partial charge in [-0.3, -0.25) is 9.63 Å². The summed E-state index contributed by atoms with van der Waals surface area (Å²) in [5.41, 5.74) is 7.14. The lowest BCUT2D eigenvalue weighted by molar-refractivity contribution is -0.197. The molecule has 0 spiro atoms. The molecule has 4 nitrogen and oxygen atoms in total. The molecule has 98 valence electrons. The average Bonchev–Trinajstić information content (AvgIpc) is 2.46. The highest BCUT2D eigenvalue weighted by atomic mass is 16.7. The fourth-order valence-electron chi connectivity index (χ4n) is 2.06. The number of nitrogens with zero attached hydrogens (tertiary/aromatic N) is 1. The standard InChI is InChI=1S/C14H20N2O2/c15-13(12-6-2-1-3-7-12)8-9-14(17)16-10-4-5-11-18-16/h1-3,6-7,13H,4-5,8-11,15H2. The maximum absolute atomic E-state index is 11.9. The second kappa shape index (κ2) is 6.52. The van der Waals surface area contributed by atoms with Gasteiger partial charge in [0.25, 0.3) is 0 Å². The van der Waals surface area contributed by atoms with Gasteiger partial charge in [-0.1, -0.05) is 30.3 Å². The van der Waals surface area contributed by atoms with Crippen LogP contribution in [0.4, 0.5) is 0 Å². The molecule has 1 atom stereocenters. The Kier molecular flexibility index (Phi) is 4.73. The third kappa shape index (κ3) is 3.55. The van der Waals surface area contributed by atoms with Crippen molar-refractivity contribution < 1.29 is 9.63 Å². The van der Waals surface area contributed by atoms with Crippen molar-refractivity contribution in [2.75, 3.05) is 13.2 Å². The van der Waals surface area contributed by atoms with E-state index in [0.29, 0.717) is 26.0 Å². The van der Waals surface area contributed by atoms with E-state index in [9.17, 15) is 4.79 Å². The third-order valence-electron chi connectivity index (χ3n) is 3.18. The molecule has 18 heavy (non-hydrogen) atoms. The van der Waals surface area contributed by atoms with Crippen molar-refractivity contribution in [1.82, 2.24) is 5.06 Å². The van der Waals surface area contributed by atoms with Crippen molar-refractivity contribution in [2.24, 2.45) is 5.73 Å². The van der Waals surface area contributed by atoms with Crippen molar-refractivity contribution in [3.8, 4) is 0 Å². The predicted octanol–water partition coefficient (Wildman–Crippen LogP) is 2.02. The Morgan fingerprint density at radius 1 is 1.33 bits per heavy atom. The first-order valence-corrected chi connectivity index (χ1v) is 6.51. The Morgan fingerprint density at radius 2 is 2.11 bits per heavy atom. The minimum Gasteiger partial charge on any atom is -0.324 e. The molecule has 1 aromatic carbocycles. The molecule has 1 heterocycles. The number of benzene rings is 1. The van der Waals surface area contributed by atoms with Gasteiger partial charge in [0.1, 0.15) is 0 Å². The second-order valence-corrected chi connectivity index (χ2v) is 4.59. The van der Waals surface area contributed by atoms with Crippen LogP contribution in [0, 0.1) is 0 Å². The highest BCUT2D eigenvalue weighted by Crippen LogP contribution is 2.17. The summed E-state index contributed by atoms with van der Waals surface area (Å²) in [5.74, 6) is 0.0427. The molecule has 1 unspecified atom stereocenters. The van der Waals surface area contributed by atoms with Gasteiger partial charge in [-0.15, -0.1) is 0 Å². The van der Waals surface area contributed by atoms with E-state index in [0.717, 1.165) is 18.4 Å². The fraction of sp³-hybridized carbons (Fsp3) is 0.500. The molecule has 0 saturated carbocycles. The Balaban J connectivity index is 1.78. The highest BCUT2D eigenvalue weighted by molar-refractivity contribution is 5.75. The van der Waals surface area contributed by atoms with Crippen LogP contribution in [0.3, 0.4) is 0 Å². The van der Waals surface area contributed by atoms with Gasteiger partial charge in [-0.05, 0) is 24.8 Å². The largest absolute Gasteiger partial charge is 0.324 e. The molecule has 2 N–H and O–H groups in total. The smallest absolute Gasteiger partial charge is 0.246 e. The number of carbonyl (C=O) groups is 1. The van der Waals surface area contributed by atoms with Gasteiger partial charge in [0.05, 0.1) is 6.61 Å². The Morgan fingerprint density at radius 3 is 2.78 bits per heavy atom. The molecule has 0 aliphatic carbocycles. The van der Waals surface area contributed by atoms with Gasteiger partial charge in [0.15, 0.2) is 0 Å². The minimum atomic E-state index is -0.0834. The molecule has 1 aliphatic rings. The van der Waals surface area contributed by atoms with Crippen LogP contribution in [0.1, 0.15) is 37.3 Å². The maximum atomic E-state index is 11.9. The molecule has 2 rings (SSSR count). The van der Waals surface area contributed by atoms with E-state index in [2.05, 4.69) is 0 Å². The molecule has 1 fully saturated rings. The van der Waals surface area contributed by atoms with E-state index >= 15 is 0 Å². The SMILES string of the molecule is NC(CCC(=O)N1CCCCO1)c1ccccc1. The summed E-state index contributed by atoms with van der Waals surface area (Å²) in [6.45, 7) is 1.36. The number of hydroxylamine groups is 2. The molecule has 0 bridgehead atoms. The van der Waals surface area contributed by atoms with E-state index in [-0.39, 0.29) is 11.9 Å². The third-order valence-corrected chi connectivity index (χ3v) is 3.18. The monoisotopic (exact) mass is 248 g/mol. The molecular formula is C14H20N2O2. The van der Waals surface area contributed by atoms with E-state index in [1.165, 1.54) is 5.06 Å². The quantitative estimate of drug-likeness (QED) is 0.887. The van der Waals surface area contributed by atoms with Crippen molar-refractivity contribution >= 4 is 5.91 Å². The molecule has 0 radical (unpaired) electrons. The molecule has 1 aliphatic heterocycles.